The molecule has 182 valence electrons. The second-order valence-corrected chi connectivity index (χ2v) is 9.74. The third-order valence-corrected chi connectivity index (χ3v) is 7.35. The van der Waals surface area contributed by atoms with Gasteiger partial charge in [-0.05, 0) is 96.5 Å². The van der Waals surface area contributed by atoms with E-state index in [1.807, 2.05) is 24.3 Å². The van der Waals surface area contributed by atoms with Gasteiger partial charge in [0.15, 0.2) is 0 Å². The van der Waals surface area contributed by atoms with Crippen LogP contribution in [0, 0.1) is 0 Å². The third-order valence-electron chi connectivity index (χ3n) is 7.35. The van der Waals surface area contributed by atoms with E-state index in [4.69, 9.17) is 10.5 Å². The maximum absolute atomic E-state index is 11.3. The molecule has 3 N–H and O–H groups in total. The average Bonchev–Trinajstić information content (AvgIpc) is 2.94. The summed E-state index contributed by atoms with van der Waals surface area (Å²) in [5.41, 5.74) is 14.1. The molecule has 0 aliphatic carbocycles. The van der Waals surface area contributed by atoms with Crippen LogP contribution >= 0.6 is 0 Å². The molecule has 1 amide bonds. The standard InChI is InChI=1S/C34H24N2O2/c1-38-19-30(35)22-6-2-4-20(12-22)28-14-24-8-10-26-16-29(17-27-11-9-25(15-28)33(24)34(26)27)21-5-3-7-23(13-21)31-18-32(37)36-31/h2-19H,35H2,1H3,(H,36,37)/b30-19-. The molecule has 0 aromatic heterocycles. The molecule has 0 saturated carbocycles. The van der Waals surface area contributed by atoms with Gasteiger partial charge in [-0.15, -0.1) is 0 Å². The summed E-state index contributed by atoms with van der Waals surface area (Å²) in [7, 11) is 1.60. The fourth-order valence-electron chi connectivity index (χ4n) is 5.52. The van der Waals surface area contributed by atoms with Gasteiger partial charge in [0.1, 0.15) is 6.26 Å². The number of carbonyl (C=O) groups is 1. The molecular weight excluding hydrogens is 468 g/mol. The van der Waals surface area contributed by atoms with Crippen LogP contribution in [0.25, 0.3) is 66.0 Å². The molecule has 0 saturated heterocycles. The molecule has 0 unspecified atom stereocenters. The Morgan fingerprint density at radius 3 is 1.71 bits per heavy atom. The minimum atomic E-state index is -0.0451. The van der Waals surface area contributed by atoms with E-state index in [-0.39, 0.29) is 5.91 Å². The van der Waals surface area contributed by atoms with Crippen LogP contribution in [0.5, 0.6) is 0 Å². The van der Waals surface area contributed by atoms with Crippen molar-refractivity contribution < 1.29 is 9.53 Å². The first-order valence-corrected chi connectivity index (χ1v) is 12.5. The third kappa shape index (κ3) is 3.58. The van der Waals surface area contributed by atoms with Crippen molar-refractivity contribution in [3.05, 3.63) is 121 Å². The molecule has 0 atom stereocenters. The lowest BCUT2D eigenvalue weighted by Gasteiger charge is -2.17. The Morgan fingerprint density at radius 2 is 1.18 bits per heavy atom. The maximum atomic E-state index is 11.3. The molecule has 0 radical (unpaired) electrons. The van der Waals surface area contributed by atoms with Crippen LogP contribution in [0.15, 0.2) is 109 Å². The van der Waals surface area contributed by atoms with Crippen LogP contribution in [0.2, 0.25) is 0 Å². The highest BCUT2D eigenvalue weighted by Gasteiger charge is 2.17. The zero-order valence-corrected chi connectivity index (χ0v) is 20.8. The van der Waals surface area contributed by atoms with Crippen molar-refractivity contribution in [1.29, 1.82) is 0 Å². The number of hydrogen-bond donors (Lipinski definition) is 2. The normalized spacial score (nSPS) is 13.6. The predicted molar refractivity (Wildman–Crippen MR) is 156 cm³/mol. The lowest BCUT2D eigenvalue weighted by atomic mass is 9.89. The van der Waals surface area contributed by atoms with Crippen LogP contribution in [0.3, 0.4) is 0 Å². The van der Waals surface area contributed by atoms with Crippen molar-refractivity contribution in [3.63, 3.8) is 0 Å². The Hall–Kier alpha value is -5.09. The molecule has 7 rings (SSSR count). The summed E-state index contributed by atoms with van der Waals surface area (Å²) in [4.78, 5) is 11.3. The SMILES string of the molecule is CO/C=C(\N)c1cccc(-c2cc3ccc4cc(-c5cccc(C6=CC(=O)N6)c5)cc5ccc(c2)c3c45)c1. The number of hydrogen-bond acceptors (Lipinski definition) is 3. The van der Waals surface area contributed by atoms with Gasteiger partial charge in [0.25, 0.3) is 0 Å². The van der Waals surface area contributed by atoms with Crippen molar-refractivity contribution in [1.82, 2.24) is 5.32 Å². The highest BCUT2D eigenvalue weighted by Crippen LogP contribution is 2.40. The minimum absolute atomic E-state index is 0.0451. The molecule has 38 heavy (non-hydrogen) atoms. The molecule has 0 spiro atoms. The van der Waals surface area contributed by atoms with Crippen molar-refractivity contribution >= 4 is 49.6 Å². The lowest BCUT2D eigenvalue weighted by molar-refractivity contribution is -0.116. The lowest BCUT2D eigenvalue weighted by Crippen LogP contribution is -2.29. The number of benzene rings is 6. The number of nitrogens with two attached hydrogens (primary N) is 1. The van der Waals surface area contributed by atoms with Crippen LogP contribution in [-0.2, 0) is 9.53 Å². The Balaban J connectivity index is 1.35. The fraction of sp³-hybridized carbons (Fsp3) is 0.0294. The monoisotopic (exact) mass is 492 g/mol. The predicted octanol–water partition coefficient (Wildman–Crippen LogP) is 7.29. The van der Waals surface area contributed by atoms with Crippen LogP contribution in [0.1, 0.15) is 11.1 Å². The summed E-state index contributed by atoms with van der Waals surface area (Å²) in [6, 6.07) is 34.4. The molecule has 1 aliphatic heterocycles. The topological polar surface area (TPSA) is 64.3 Å². The van der Waals surface area contributed by atoms with Crippen LogP contribution < -0.4 is 11.1 Å². The Morgan fingerprint density at radius 1 is 0.684 bits per heavy atom. The van der Waals surface area contributed by atoms with E-state index in [0.29, 0.717) is 5.70 Å². The van der Waals surface area contributed by atoms with Gasteiger partial charge in [0, 0.05) is 11.6 Å². The largest absolute Gasteiger partial charge is 0.502 e. The van der Waals surface area contributed by atoms with Crippen LogP contribution in [-0.4, -0.2) is 13.0 Å². The second-order valence-electron chi connectivity index (χ2n) is 9.74. The number of nitrogens with one attached hydrogen (secondary N) is 1. The van der Waals surface area contributed by atoms with Gasteiger partial charge in [-0.25, -0.2) is 0 Å². The smallest absolute Gasteiger partial charge is 0.250 e. The summed E-state index contributed by atoms with van der Waals surface area (Å²) in [6.07, 6.45) is 3.20. The van der Waals surface area contributed by atoms with Gasteiger partial charge in [0.05, 0.1) is 18.5 Å². The molecule has 6 aromatic rings. The molecule has 1 heterocycles. The maximum Gasteiger partial charge on any atom is 0.250 e. The highest BCUT2D eigenvalue weighted by atomic mass is 16.5. The first kappa shape index (κ1) is 22.1. The summed E-state index contributed by atoms with van der Waals surface area (Å²) in [5, 5.41) is 10.3. The molecule has 6 aromatic carbocycles. The van der Waals surface area contributed by atoms with Crippen molar-refractivity contribution in [2.45, 2.75) is 0 Å². The molecule has 4 heteroatoms. The zero-order chi connectivity index (χ0) is 25.8. The Labute approximate surface area is 220 Å². The Kier molecular flexibility index (Phi) is 4.95. The average molecular weight is 493 g/mol. The zero-order valence-electron chi connectivity index (χ0n) is 20.8. The van der Waals surface area contributed by atoms with E-state index in [2.05, 4.69) is 78.1 Å². The first-order valence-electron chi connectivity index (χ1n) is 12.5. The fourth-order valence-corrected chi connectivity index (χ4v) is 5.52. The molecule has 4 nitrogen and oxygen atoms in total. The van der Waals surface area contributed by atoms with E-state index >= 15 is 0 Å². The van der Waals surface area contributed by atoms with Gasteiger partial charge in [-0.2, -0.15) is 0 Å². The van der Waals surface area contributed by atoms with Crippen LogP contribution in [0.4, 0.5) is 0 Å². The van der Waals surface area contributed by atoms with E-state index in [9.17, 15) is 4.79 Å². The minimum Gasteiger partial charge on any atom is -0.502 e. The number of methoxy groups -OCH3 is 1. The van der Waals surface area contributed by atoms with Gasteiger partial charge in [-0.1, -0.05) is 60.7 Å². The van der Waals surface area contributed by atoms with E-state index in [1.165, 1.54) is 32.3 Å². The summed E-state index contributed by atoms with van der Waals surface area (Å²) in [5.74, 6) is -0.0451. The van der Waals surface area contributed by atoms with Gasteiger partial charge in [0.2, 0.25) is 5.91 Å². The Bertz CT molecular complexity index is 1900. The van der Waals surface area contributed by atoms with E-state index < -0.39 is 0 Å². The van der Waals surface area contributed by atoms with Gasteiger partial charge in [-0.3, -0.25) is 4.79 Å². The molecule has 0 bridgehead atoms. The molecular formula is C34H24N2O2. The number of rotatable bonds is 5. The number of amides is 1. The second kappa shape index (κ2) is 8.49. The molecule has 0 fully saturated rings. The van der Waals surface area contributed by atoms with E-state index in [1.54, 1.807) is 19.4 Å². The quantitative estimate of drug-likeness (QED) is 0.196. The van der Waals surface area contributed by atoms with Gasteiger partial charge >= 0.3 is 0 Å². The molecule has 1 aliphatic rings. The highest BCUT2D eigenvalue weighted by molar-refractivity contribution is 6.24. The van der Waals surface area contributed by atoms with Crippen molar-refractivity contribution in [2.75, 3.05) is 7.11 Å². The number of ether oxygens (including phenoxy) is 1. The van der Waals surface area contributed by atoms with Crippen molar-refractivity contribution in [3.8, 4) is 22.3 Å². The van der Waals surface area contributed by atoms with E-state index in [0.717, 1.165) is 39.1 Å². The van der Waals surface area contributed by atoms with Crippen molar-refractivity contribution in [2.24, 2.45) is 5.73 Å². The number of carbonyl (C=O) groups excluding carboxylic acids is 1. The first-order chi connectivity index (χ1) is 18.6. The van der Waals surface area contributed by atoms with Gasteiger partial charge < -0.3 is 15.8 Å². The summed E-state index contributed by atoms with van der Waals surface area (Å²) in [6.45, 7) is 0. The summed E-state index contributed by atoms with van der Waals surface area (Å²) >= 11 is 0. The summed E-state index contributed by atoms with van der Waals surface area (Å²) < 4.78 is 5.10.